The zero-order valence-electron chi connectivity index (χ0n) is 35.9. The van der Waals surface area contributed by atoms with Crippen LogP contribution in [0.5, 0.6) is 0 Å². The lowest BCUT2D eigenvalue weighted by Gasteiger charge is -2.12. The summed E-state index contributed by atoms with van der Waals surface area (Å²) in [6.45, 7) is 9.07. The molecule has 5 aromatic heterocycles. The molecular formula is C58H42N4O2. The van der Waals surface area contributed by atoms with Gasteiger partial charge in [-0.3, -0.25) is 4.57 Å². The molecule has 0 atom stereocenters. The van der Waals surface area contributed by atoms with Crippen LogP contribution in [-0.2, 0) is 0 Å². The van der Waals surface area contributed by atoms with Crippen molar-refractivity contribution in [1.82, 2.24) is 19.1 Å². The highest BCUT2D eigenvalue weighted by Crippen LogP contribution is 2.44. The predicted molar refractivity (Wildman–Crippen MR) is 264 cm³/mol. The summed E-state index contributed by atoms with van der Waals surface area (Å²) in [7, 11) is 0. The average Bonchev–Trinajstić information content (AvgIpc) is 4.08. The minimum Gasteiger partial charge on any atom is -0.456 e. The Balaban J connectivity index is 1.14. The number of rotatable bonds is 6. The van der Waals surface area contributed by atoms with Crippen molar-refractivity contribution in [2.24, 2.45) is 0 Å². The van der Waals surface area contributed by atoms with Crippen molar-refractivity contribution in [2.45, 2.75) is 39.5 Å². The minimum atomic E-state index is 0.338. The van der Waals surface area contributed by atoms with Crippen molar-refractivity contribution in [2.75, 3.05) is 0 Å². The topological polar surface area (TPSA) is 61.9 Å². The maximum Gasteiger partial charge on any atom is 0.235 e. The van der Waals surface area contributed by atoms with Crippen LogP contribution in [0.4, 0.5) is 0 Å². The van der Waals surface area contributed by atoms with Gasteiger partial charge in [-0.05, 0) is 120 Å². The van der Waals surface area contributed by atoms with E-state index in [1.54, 1.807) is 0 Å². The van der Waals surface area contributed by atoms with E-state index >= 15 is 0 Å². The van der Waals surface area contributed by atoms with Crippen LogP contribution in [0.15, 0.2) is 179 Å². The van der Waals surface area contributed by atoms with Crippen LogP contribution in [0.2, 0.25) is 0 Å². The molecule has 0 saturated carbocycles. The molecule has 13 rings (SSSR count). The van der Waals surface area contributed by atoms with E-state index in [1.807, 2.05) is 24.3 Å². The second-order valence-corrected chi connectivity index (χ2v) is 17.8. The molecule has 0 fully saturated rings. The fourth-order valence-corrected chi connectivity index (χ4v) is 10.0. The molecule has 64 heavy (non-hydrogen) atoms. The molecule has 306 valence electrons. The summed E-state index contributed by atoms with van der Waals surface area (Å²) in [4.78, 5) is 11.1. The zero-order chi connectivity index (χ0) is 42.8. The van der Waals surface area contributed by atoms with Crippen molar-refractivity contribution in [1.29, 1.82) is 0 Å². The summed E-state index contributed by atoms with van der Waals surface area (Å²) in [5, 5.41) is 9.07. The molecule has 0 amide bonds. The number of aromatic nitrogens is 4. The summed E-state index contributed by atoms with van der Waals surface area (Å²) in [5.41, 5.74) is 15.2. The van der Waals surface area contributed by atoms with E-state index in [2.05, 4.69) is 182 Å². The highest BCUT2D eigenvalue weighted by atomic mass is 16.3. The van der Waals surface area contributed by atoms with Crippen LogP contribution < -0.4 is 0 Å². The second-order valence-electron chi connectivity index (χ2n) is 17.8. The van der Waals surface area contributed by atoms with Gasteiger partial charge in [0.1, 0.15) is 22.3 Å². The van der Waals surface area contributed by atoms with Crippen molar-refractivity contribution < 1.29 is 8.83 Å². The summed E-state index contributed by atoms with van der Waals surface area (Å²) in [6.07, 6.45) is 0. The Labute approximate surface area is 368 Å². The molecule has 0 bridgehead atoms. The van der Waals surface area contributed by atoms with Crippen molar-refractivity contribution in [3.63, 3.8) is 0 Å². The van der Waals surface area contributed by atoms with Gasteiger partial charge in [0.15, 0.2) is 0 Å². The lowest BCUT2D eigenvalue weighted by atomic mass is 9.99. The smallest absolute Gasteiger partial charge is 0.235 e. The van der Waals surface area contributed by atoms with Gasteiger partial charge in [-0.1, -0.05) is 100 Å². The third-order valence-electron chi connectivity index (χ3n) is 13.3. The van der Waals surface area contributed by atoms with Crippen molar-refractivity contribution in [3.05, 3.63) is 181 Å². The van der Waals surface area contributed by atoms with E-state index in [-0.39, 0.29) is 0 Å². The normalized spacial score (nSPS) is 12.3. The molecule has 0 aliphatic heterocycles. The third kappa shape index (κ3) is 5.45. The minimum absolute atomic E-state index is 0.338. The first-order valence-electron chi connectivity index (χ1n) is 22.2. The van der Waals surface area contributed by atoms with Gasteiger partial charge in [0.2, 0.25) is 5.95 Å². The Morgan fingerprint density at radius 2 is 0.906 bits per heavy atom. The molecule has 0 spiro atoms. The summed E-state index contributed by atoms with van der Waals surface area (Å²) >= 11 is 0. The highest BCUT2D eigenvalue weighted by Gasteiger charge is 2.24. The van der Waals surface area contributed by atoms with E-state index in [9.17, 15) is 0 Å². The van der Waals surface area contributed by atoms with Crippen molar-refractivity contribution in [3.8, 4) is 34.2 Å². The molecule has 0 saturated heterocycles. The number of fused-ring (bicyclic) bond motifs is 13. The predicted octanol–water partition coefficient (Wildman–Crippen LogP) is 16.1. The largest absolute Gasteiger partial charge is 0.456 e. The molecule has 6 heteroatoms. The van der Waals surface area contributed by atoms with Gasteiger partial charge in [-0.2, -0.15) is 0 Å². The molecule has 0 aliphatic carbocycles. The van der Waals surface area contributed by atoms with Crippen LogP contribution in [-0.4, -0.2) is 19.1 Å². The SMILES string of the molecule is CC(C)c1ccc2c(c1)c1c(ccc3c4cc(C(C)C)ccc4n(-c4ccccc4)c31)n2-c1nc(-c2ccc3oc4ccccc4c3c2)cc(-c2ccc3oc4ccccc4c3c2)n1. The van der Waals surface area contributed by atoms with Crippen LogP contribution in [0.1, 0.15) is 50.7 Å². The van der Waals surface area contributed by atoms with Crippen LogP contribution in [0.3, 0.4) is 0 Å². The Bertz CT molecular complexity index is 3900. The molecule has 13 aromatic rings. The van der Waals surface area contributed by atoms with Gasteiger partial charge >= 0.3 is 0 Å². The maximum absolute atomic E-state index is 6.28. The van der Waals surface area contributed by atoms with E-state index in [4.69, 9.17) is 18.8 Å². The van der Waals surface area contributed by atoms with E-state index in [1.165, 1.54) is 43.7 Å². The van der Waals surface area contributed by atoms with Gasteiger partial charge in [-0.25, -0.2) is 9.97 Å². The quantitative estimate of drug-likeness (QED) is 0.168. The lowest BCUT2D eigenvalue weighted by molar-refractivity contribution is 0.668. The molecular weight excluding hydrogens is 785 g/mol. The van der Waals surface area contributed by atoms with Gasteiger partial charge in [0.05, 0.1) is 33.5 Å². The lowest BCUT2D eigenvalue weighted by Crippen LogP contribution is -2.04. The summed E-state index contributed by atoms with van der Waals surface area (Å²) in [6, 6.07) is 60.6. The highest BCUT2D eigenvalue weighted by molar-refractivity contribution is 6.26. The standard InChI is InChI=1S/C58H42N4O2/c1-33(2)35-18-23-49-43(28-35)42-22-25-51-56(57(42)61(49)39-12-6-5-7-13-39)46-29-36(34(3)4)19-24-50(46)62(51)58-59-47(37-20-26-54-44(30-37)40-14-8-10-16-52(40)63-54)32-48(60-58)38-21-27-55-45(31-38)41-15-9-11-17-53(41)64-55/h5-34H,1-4H3. The molecule has 8 aromatic carbocycles. The molecule has 6 nitrogen and oxygen atoms in total. The van der Waals surface area contributed by atoms with Gasteiger partial charge in [0, 0.05) is 59.9 Å². The Morgan fingerprint density at radius 1 is 0.391 bits per heavy atom. The van der Waals surface area contributed by atoms with Gasteiger partial charge in [-0.15, -0.1) is 0 Å². The number of furan rings is 2. The Morgan fingerprint density at radius 3 is 1.50 bits per heavy atom. The fourth-order valence-electron chi connectivity index (χ4n) is 10.0. The third-order valence-corrected chi connectivity index (χ3v) is 13.3. The van der Waals surface area contributed by atoms with E-state index in [0.29, 0.717) is 17.8 Å². The van der Waals surface area contributed by atoms with E-state index in [0.717, 1.165) is 83.1 Å². The number of hydrogen-bond donors (Lipinski definition) is 0. The molecule has 0 unspecified atom stereocenters. The molecule has 0 radical (unpaired) electrons. The second kappa shape index (κ2) is 13.8. The monoisotopic (exact) mass is 826 g/mol. The van der Waals surface area contributed by atoms with Gasteiger partial charge in [0.25, 0.3) is 0 Å². The number of benzene rings is 8. The fraction of sp³-hybridized carbons (Fsp3) is 0.103. The van der Waals surface area contributed by atoms with Crippen LogP contribution >= 0.6 is 0 Å². The van der Waals surface area contributed by atoms with E-state index < -0.39 is 0 Å². The molecule has 0 N–H and O–H groups in total. The van der Waals surface area contributed by atoms with Crippen molar-refractivity contribution >= 4 is 87.5 Å². The number of nitrogens with zero attached hydrogens (tertiary/aromatic N) is 4. The average molecular weight is 827 g/mol. The van der Waals surface area contributed by atoms with Gasteiger partial charge < -0.3 is 13.4 Å². The number of hydrogen-bond acceptors (Lipinski definition) is 4. The zero-order valence-corrected chi connectivity index (χ0v) is 35.9. The molecule has 0 aliphatic rings. The maximum atomic E-state index is 6.28. The number of para-hydroxylation sites is 3. The Kier molecular flexibility index (Phi) is 7.89. The van der Waals surface area contributed by atoms with Crippen LogP contribution in [0.25, 0.3) is 122 Å². The Hall–Kier alpha value is -7.96. The first kappa shape index (κ1) is 36.7. The summed E-state index contributed by atoms with van der Waals surface area (Å²) < 4.78 is 17.3. The first-order chi connectivity index (χ1) is 31.4. The first-order valence-corrected chi connectivity index (χ1v) is 22.2. The summed E-state index contributed by atoms with van der Waals surface area (Å²) in [5.74, 6) is 1.34. The molecule has 5 heterocycles. The van der Waals surface area contributed by atoms with Crippen LogP contribution in [0, 0.1) is 0 Å².